The Labute approximate surface area is 125 Å². The predicted octanol–water partition coefficient (Wildman–Crippen LogP) is -0.895. The van der Waals surface area contributed by atoms with Crippen LogP contribution in [0.1, 0.15) is 19.8 Å². The van der Waals surface area contributed by atoms with Crippen molar-refractivity contribution in [3.63, 3.8) is 0 Å². The van der Waals surface area contributed by atoms with Crippen LogP contribution in [0.3, 0.4) is 0 Å². The lowest BCUT2D eigenvalue weighted by Crippen LogP contribution is -2.46. The molecule has 0 aromatic carbocycles. The van der Waals surface area contributed by atoms with E-state index in [1.54, 1.807) is 6.92 Å². The van der Waals surface area contributed by atoms with Crippen LogP contribution in [0, 0.1) is 5.92 Å². The van der Waals surface area contributed by atoms with Crippen molar-refractivity contribution in [2.45, 2.75) is 19.8 Å². The number of esters is 1. The zero-order chi connectivity index (χ0) is 15.7. The quantitative estimate of drug-likeness (QED) is 0.421. The maximum absolute atomic E-state index is 12.0. The Morgan fingerprint density at radius 1 is 1.33 bits per heavy atom. The molecule has 1 aliphatic rings. The van der Waals surface area contributed by atoms with E-state index < -0.39 is 10.2 Å². The number of carbonyl (C=O) groups is 1. The predicted molar refractivity (Wildman–Crippen MR) is 75.8 cm³/mol. The van der Waals surface area contributed by atoms with Crippen molar-refractivity contribution in [1.82, 2.24) is 9.03 Å². The van der Waals surface area contributed by atoms with Gasteiger partial charge in [0.25, 0.3) is 10.2 Å². The molecule has 2 N–H and O–H groups in total. The molecular formula is C12H24N2O6S. The minimum absolute atomic E-state index is 0.0892. The topological polar surface area (TPSA) is 105 Å². The molecule has 0 spiro atoms. The number of nitrogens with one attached hydrogen (secondary N) is 1. The van der Waals surface area contributed by atoms with Gasteiger partial charge in [0.2, 0.25) is 0 Å². The van der Waals surface area contributed by atoms with Gasteiger partial charge >= 0.3 is 5.97 Å². The van der Waals surface area contributed by atoms with Gasteiger partial charge in [-0.1, -0.05) is 0 Å². The van der Waals surface area contributed by atoms with E-state index in [9.17, 15) is 13.2 Å². The summed E-state index contributed by atoms with van der Waals surface area (Å²) in [6.07, 6.45) is 0.946. The van der Waals surface area contributed by atoms with Gasteiger partial charge in [0.1, 0.15) is 0 Å². The smallest absolute Gasteiger partial charge is 0.309 e. The number of aliphatic hydroxyl groups excluding tert-OH is 1. The molecule has 1 aliphatic heterocycles. The molecule has 0 radical (unpaired) electrons. The van der Waals surface area contributed by atoms with Crippen molar-refractivity contribution in [3.8, 4) is 0 Å². The zero-order valence-electron chi connectivity index (χ0n) is 12.3. The third kappa shape index (κ3) is 6.27. The van der Waals surface area contributed by atoms with Gasteiger partial charge in [0.05, 0.1) is 32.3 Å². The van der Waals surface area contributed by atoms with Crippen LogP contribution in [-0.2, 0) is 24.5 Å². The van der Waals surface area contributed by atoms with Crippen LogP contribution in [0.15, 0.2) is 0 Å². The Balaban J connectivity index is 2.33. The summed E-state index contributed by atoms with van der Waals surface area (Å²) in [5.74, 6) is -0.468. The van der Waals surface area contributed by atoms with Gasteiger partial charge in [-0.25, -0.2) is 0 Å². The van der Waals surface area contributed by atoms with E-state index in [0.717, 1.165) is 0 Å². The molecule has 21 heavy (non-hydrogen) atoms. The average Bonchev–Trinajstić information content (AvgIpc) is 2.47. The molecule has 0 bridgehead atoms. The normalized spacial score (nSPS) is 17.8. The van der Waals surface area contributed by atoms with Gasteiger partial charge in [-0.2, -0.15) is 17.4 Å². The van der Waals surface area contributed by atoms with Gasteiger partial charge in [-0.05, 0) is 19.8 Å². The van der Waals surface area contributed by atoms with Gasteiger partial charge in [-0.15, -0.1) is 0 Å². The first-order valence-electron chi connectivity index (χ1n) is 7.11. The fraction of sp³-hybridized carbons (Fsp3) is 0.917. The number of rotatable bonds is 9. The van der Waals surface area contributed by atoms with E-state index in [2.05, 4.69) is 4.72 Å². The number of aliphatic hydroxyl groups is 1. The lowest BCUT2D eigenvalue weighted by atomic mass is 9.98. The number of piperidine rings is 1. The highest BCUT2D eigenvalue weighted by molar-refractivity contribution is 7.87. The summed E-state index contributed by atoms with van der Waals surface area (Å²) in [6, 6.07) is 0. The Morgan fingerprint density at radius 2 is 2.00 bits per heavy atom. The molecule has 1 heterocycles. The molecule has 1 saturated heterocycles. The minimum Gasteiger partial charge on any atom is -0.466 e. The van der Waals surface area contributed by atoms with Crippen LogP contribution in [0.2, 0.25) is 0 Å². The maximum Gasteiger partial charge on any atom is 0.309 e. The average molecular weight is 324 g/mol. The van der Waals surface area contributed by atoms with Crippen molar-refractivity contribution in [2.75, 3.05) is 46.1 Å². The van der Waals surface area contributed by atoms with Crippen LogP contribution in [0.5, 0.6) is 0 Å². The number of ether oxygens (including phenoxy) is 2. The first-order valence-corrected chi connectivity index (χ1v) is 8.55. The molecule has 0 aromatic heterocycles. The van der Waals surface area contributed by atoms with Crippen LogP contribution < -0.4 is 4.72 Å². The van der Waals surface area contributed by atoms with Gasteiger partial charge < -0.3 is 14.6 Å². The summed E-state index contributed by atoms with van der Waals surface area (Å²) in [7, 11) is -3.54. The summed E-state index contributed by atoms with van der Waals surface area (Å²) in [5.41, 5.74) is 0. The first-order chi connectivity index (χ1) is 10.0. The summed E-state index contributed by atoms with van der Waals surface area (Å²) < 4.78 is 37.7. The van der Waals surface area contributed by atoms with Crippen LogP contribution in [0.25, 0.3) is 0 Å². The first kappa shape index (κ1) is 18.3. The Hall–Kier alpha value is -0.740. The van der Waals surface area contributed by atoms with E-state index in [1.807, 2.05) is 0 Å². The van der Waals surface area contributed by atoms with Crippen LogP contribution in [-0.4, -0.2) is 69.9 Å². The molecule has 9 heteroatoms. The lowest BCUT2D eigenvalue weighted by Gasteiger charge is -2.30. The molecule has 0 unspecified atom stereocenters. The van der Waals surface area contributed by atoms with E-state index >= 15 is 0 Å². The second kappa shape index (κ2) is 9.31. The molecule has 0 amide bonds. The van der Waals surface area contributed by atoms with E-state index in [1.165, 1.54) is 4.31 Å². The highest BCUT2D eigenvalue weighted by atomic mass is 32.2. The Bertz CT molecular complexity index is 406. The molecule has 8 nitrogen and oxygen atoms in total. The van der Waals surface area contributed by atoms with Crippen molar-refractivity contribution in [3.05, 3.63) is 0 Å². The van der Waals surface area contributed by atoms with Crippen molar-refractivity contribution >= 4 is 16.2 Å². The lowest BCUT2D eigenvalue weighted by molar-refractivity contribution is -0.149. The fourth-order valence-corrected chi connectivity index (χ4v) is 3.31. The largest absolute Gasteiger partial charge is 0.466 e. The highest BCUT2D eigenvalue weighted by Gasteiger charge is 2.31. The molecule has 0 saturated carbocycles. The van der Waals surface area contributed by atoms with Crippen molar-refractivity contribution in [1.29, 1.82) is 0 Å². The number of nitrogens with zero attached hydrogens (tertiary/aromatic N) is 1. The van der Waals surface area contributed by atoms with E-state index in [-0.39, 0.29) is 38.3 Å². The van der Waals surface area contributed by atoms with Gasteiger partial charge in [0.15, 0.2) is 0 Å². The molecule has 124 valence electrons. The second-order valence-electron chi connectivity index (χ2n) is 4.66. The van der Waals surface area contributed by atoms with E-state index in [4.69, 9.17) is 14.6 Å². The monoisotopic (exact) mass is 324 g/mol. The molecule has 0 aromatic rings. The van der Waals surface area contributed by atoms with Crippen molar-refractivity contribution < 1.29 is 27.8 Å². The maximum atomic E-state index is 12.0. The summed E-state index contributed by atoms with van der Waals surface area (Å²) >= 11 is 0. The Kier molecular flexibility index (Phi) is 8.12. The number of hydrogen-bond acceptors (Lipinski definition) is 6. The minimum atomic E-state index is -3.54. The molecule has 0 aliphatic carbocycles. The number of hydrogen-bond donors (Lipinski definition) is 2. The fourth-order valence-electron chi connectivity index (χ4n) is 2.09. The molecule has 1 fully saturated rings. The summed E-state index contributed by atoms with van der Waals surface area (Å²) in [6.45, 7) is 3.15. The zero-order valence-corrected chi connectivity index (χ0v) is 13.1. The SMILES string of the molecule is CCOC(=O)C1CCN(S(=O)(=O)NCCOCCO)CC1. The number of carbonyl (C=O) groups excluding carboxylic acids is 1. The van der Waals surface area contributed by atoms with Gasteiger partial charge in [-0.3, -0.25) is 4.79 Å². The third-order valence-electron chi connectivity index (χ3n) is 3.18. The second-order valence-corrected chi connectivity index (χ2v) is 6.42. The molecular weight excluding hydrogens is 300 g/mol. The van der Waals surface area contributed by atoms with E-state index in [0.29, 0.717) is 32.5 Å². The molecule has 1 rings (SSSR count). The molecule has 0 atom stereocenters. The Morgan fingerprint density at radius 3 is 2.57 bits per heavy atom. The van der Waals surface area contributed by atoms with Crippen LogP contribution >= 0.6 is 0 Å². The summed E-state index contributed by atoms with van der Waals surface area (Å²) in [5, 5.41) is 8.53. The highest BCUT2D eigenvalue weighted by Crippen LogP contribution is 2.20. The van der Waals surface area contributed by atoms with Crippen molar-refractivity contribution in [2.24, 2.45) is 5.92 Å². The third-order valence-corrected chi connectivity index (χ3v) is 4.79. The van der Waals surface area contributed by atoms with Gasteiger partial charge in [0, 0.05) is 19.6 Å². The van der Waals surface area contributed by atoms with Crippen LogP contribution in [0.4, 0.5) is 0 Å². The standard InChI is InChI=1S/C12H24N2O6S/c1-2-20-12(16)11-3-6-14(7-4-11)21(17,18)13-5-9-19-10-8-15/h11,13,15H,2-10H2,1H3. The summed E-state index contributed by atoms with van der Waals surface area (Å²) in [4.78, 5) is 11.6.